The van der Waals surface area contributed by atoms with E-state index in [1.165, 1.54) is 16.8 Å². The highest BCUT2D eigenvalue weighted by Gasteiger charge is 2.30. The number of rotatable bonds is 5. The molecular weight excluding hydrogens is 386 g/mol. The third-order valence-electron chi connectivity index (χ3n) is 6.10. The number of aromatic nitrogens is 2. The molecule has 3 N–H and O–H groups in total. The second kappa shape index (κ2) is 8.14. The van der Waals surface area contributed by atoms with Crippen LogP contribution in [0.25, 0.3) is 10.9 Å². The van der Waals surface area contributed by atoms with E-state index in [4.69, 9.17) is 5.73 Å². The van der Waals surface area contributed by atoms with Gasteiger partial charge in [-0.2, -0.15) is 5.10 Å². The summed E-state index contributed by atoms with van der Waals surface area (Å²) < 4.78 is 0. The van der Waals surface area contributed by atoms with Crippen molar-refractivity contribution in [1.29, 1.82) is 0 Å². The van der Waals surface area contributed by atoms with Crippen molar-refractivity contribution in [3.63, 3.8) is 0 Å². The van der Waals surface area contributed by atoms with Crippen LogP contribution in [0.2, 0.25) is 0 Å². The molecule has 0 spiro atoms. The molecular formula is C25H25N5O. The number of aryl methyl sites for hydroxylation is 1. The van der Waals surface area contributed by atoms with Crippen molar-refractivity contribution in [2.75, 3.05) is 16.3 Å². The maximum Gasteiger partial charge on any atom is 0.319 e. The molecule has 2 amide bonds. The van der Waals surface area contributed by atoms with Crippen LogP contribution in [-0.4, -0.2) is 28.8 Å². The van der Waals surface area contributed by atoms with E-state index >= 15 is 0 Å². The van der Waals surface area contributed by atoms with Crippen LogP contribution in [0.3, 0.4) is 0 Å². The maximum absolute atomic E-state index is 12.5. The number of carbonyl (C=O) groups excluding carboxylic acids is 1. The Morgan fingerprint density at radius 2 is 1.87 bits per heavy atom. The molecule has 5 rings (SSSR count). The molecule has 1 aromatic heterocycles. The zero-order chi connectivity index (χ0) is 21.2. The lowest BCUT2D eigenvalue weighted by Gasteiger charge is -2.41. The van der Waals surface area contributed by atoms with E-state index in [-0.39, 0.29) is 6.04 Å². The molecule has 31 heavy (non-hydrogen) atoms. The first kappa shape index (κ1) is 19.2. The standard InChI is InChI=1S/C25H25N5O/c26-25(31)30(24-12-6-10-22-21(24)15-27-28-22)17-20-14-13-19-9-4-5-11-23(19)29(20)16-18-7-2-1-3-8-18/h1-12,15,20H,13-14,16-17H2,(H2,26,31)(H,27,28). The number of nitrogens with one attached hydrogen (secondary N) is 1. The van der Waals surface area contributed by atoms with Gasteiger partial charge in [-0.05, 0) is 42.2 Å². The summed E-state index contributed by atoms with van der Waals surface area (Å²) in [6.45, 7) is 1.30. The minimum absolute atomic E-state index is 0.143. The van der Waals surface area contributed by atoms with Crippen molar-refractivity contribution in [3.05, 3.63) is 90.1 Å². The van der Waals surface area contributed by atoms with Crippen molar-refractivity contribution in [1.82, 2.24) is 10.2 Å². The van der Waals surface area contributed by atoms with Crippen LogP contribution in [0.15, 0.2) is 79.0 Å². The van der Waals surface area contributed by atoms with Crippen LogP contribution in [0.4, 0.5) is 16.2 Å². The summed E-state index contributed by atoms with van der Waals surface area (Å²) >= 11 is 0. The Balaban J connectivity index is 1.51. The number of urea groups is 1. The zero-order valence-corrected chi connectivity index (χ0v) is 17.2. The van der Waals surface area contributed by atoms with E-state index in [0.29, 0.717) is 6.54 Å². The van der Waals surface area contributed by atoms with E-state index in [2.05, 4.69) is 63.6 Å². The van der Waals surface area contributed by atoms with Gasteiger partial charge < -0.3 is 10.6 Å². The number of hydrogen-bond acceptors (Lipinski definition) is 3. The smallest absolute Gasteiger partial charge is 0.319 e. The monoisotopic (exact) mass is 411 g/mol. The Hall–Kier alpha value is -3.80. The number of carbonyl (C=O) groups is 1. The number of primary amides is 1. The third-order valence-corrected chi connectivity index (χ3v) is 6.10. The van der Waals surface area contributed by atoms with Crippen LogP contribution in [-0.2, 0) is 13.0 Å². The number of nitrogens with two attached hydrogens (primary N) is 1. The van der Waals surface area contributed by atoms with Gasteiger partial charge >= 0.3 is 6.03 Å². The van der Waals surface area contributed by atoms with Crippen LogP contribution < -0.4 is 15.5 Å². The molecule has 0 saturated carbocycles. The molecule has 3 aromatic carbocycles. The summed E-state index contributed by atoms with van der Waals surface area (Å²) in [5, 5.41) is 8.00. The highest BCUT2D eigenvalue weighted by Crippen LogP contribution is 2.34. The number of hydrogen-bond donors (Lipinski definition) is 2. The van der Waals surface area contributed by atoms with Crippen molar-refractivity contribution in [2.45, 2.75) is 25.4 Å². The van der Waals surface area contributed by atoms with Crippen molar-refractivity contribution < 1.29 is 4.79 Å². The Morgan fingerprint density at radius 1 is 1.06 bits per heavy atom. The summed E-state index contributed by atoms with van der Waals surface area (Å²) in [6.07, 6.45) is 3.68. The number of fused-ring (bicyclic) bond motifs is 2. The van der Waals surface area contributed by atoms with Gasteiger partial charge in [-0.1, -0.05) is 54.6 Å². The molecule has 1 atom stereocenters. The van der Waals surface area contributed by atoms with E-state index < -0.39 is 6.03 Å². The summed E-state index contributed by atoms with van der Waals surface area (Å²) in [4.78, 5) is 16.7. The molecule has 2 heterocycles. The van der Waals surface area contributed by atoms with Gasteiger partial charge in [-0.3, -0.25) is 10.00 Å². The van der Waals surface area contributed by atoms with Gasteiger partial charge in [0.1, 0.15) is 0 Å². The fourth-order valence-corrected chi connectivity index (χ4v) is 4.57. The number of H-pyrrole nitrogens is 1. The Labute approximate surface area is 181 Å². The van der Waals surface area contributed by atoms with E-state index in [1.807, 2.05) is 24.3 Å². The lowest BCUT2D eigenvalue weighted by Crippen LogP contribution is -2.49. The number of aromatic amines is 1. The predicted molar refractivity (Wildman–Crippen MR) is 124 cm³/mol. The SMILES string of the molecule is NC(=O)N(CC1CCc2ccccc2N1Cc1ccccc1)c1cccc2[nH]ncc12. The molecule has 156 valence electrons. The summed E-state index contributed by atoms with van der Waals surface area (Å²) in [5.74, 6) is 0. The summed E-state index contributed by atoms with van der Waals surface area (Å²) in [6, 6.07) is 24.5. The number of benzene rings is 3. The molecule has 0 radical (unpaired) electrons. The van der Waals surface area contributed by atoms with Gasteiger partial charge in [0.05, 0.1) is 17.4 Å². The molecule has 1 unspecified atom stereocenters. The maximum atomic E-state index is 12.5. The normalized spacial score (nSPS) is 15.6. The Bertz CT molecular complexity index is 1200. The largest absolute Gasteiger partial charge is 0.362 e. The van der Waals surface area contributed by atoms with E-state index in [1.54, 1.807) is 11.1 Å². The van der Waals surface area contributed by atoms with E-state index in [9.17, 15) is 4.79 Å². The first-order valence-corrected chi connectivity index (χ1v) is 10.6. The molecule has 4 aromatic rings. The van der Waals surface area contributed by atoms with Gasteiger partial charge in [0.2, 0.25) is 0 Å². The van der Waals surface area contributed by atoms with Crippen LogP contribution in [0.5, 0.6) is 0 Å². The molecule has 1 aliphatic rings. The van der Waals surface area contributed by atoms with Gasteiger partial charge in [0.15, 0.2) is 0 Å². The van der Waals surface area contributed by atoms with Crippen LogP contribution >= 0.6 is 0 Å². The van der Waals surface area contributed by atoms with Crippen LogP contribution in [0.1, 0.15) is 17.5 Å². The molecule has 0 saturated heterocycles. The average molecular weight is 412 g/mol. The number of amides is 2. The van der Waals surface area contributed by atoms with Gasteiger partial charge in [0, 0.05) is 30.2 Å². The number of nitrogens with zero attached hydrogens (tertiary/aromatic N) is 3. The van der Waals surface area contributed by atoms with Gasteiger partial charge in [-0.15, -0.1) is 0 Å². The molecule has 6 heteroatoms. The summed E-state index contributed by atoms with van der Waals surface area (Å²) in [5.41, 5.74) is 11.4. The number of anilines is 2. The summed E-state index contributed by atoms with van der Waals surface area (Å²) in [7, 11) is 0. The van der Waals surface area contributed by atoms with Crippen LogP contribution in [0, 0.1) is 0 Å². The first-order valence-electron chi connectivity index (χ1n) is 10.6. The van der Waals surface area contributed by atoms with Crippen molar-refractivity contribution in [3.8, 4) is 0 Å². The second-order valence-electron chi connectivity index (χ2n) is 7.99. The highest BCUT2D eigenvalue weighted by molar-refractivity contribution is 6.01. The second-order valence-corrected chi connectivity index (χ2v) is 7.99. The minimum Gasteiger partial charge on any atom is -0.362 e. The molecule has 1 aliphatic heterocycles. The fourth-order valence-electron chi connectivity index (χ4n) is 4.57. The first-order chi connectivity index (χ1) is 15.2. The quantitative estimate of drug-likeness (QED) is 0.509. The third kappa shape index (κ3) is 3.72. The molecule has 0 fully saturated rings. The highest BCUT2D eigenvalue weighted by atomic mass is 16.2. The fraction of sp³-hybridized carbons (Fsp3) is 0.200. The predicted octanol–water partition coefficient (Wildman–Crippen LogP) is 4.47. The van der Waals surface area contributed by atoms with Gasteiger partial charge in [0.25, 0.3) is 0 Å². The van der Waals surface area contributed by atoms with E-state index in [0.717, 1.165) is 36.0 Å². The zero-order valence-electron chi connectivity index (χ0n) is 17.2. The lowest BCUT2D eigenvalue weighted by molar-refractivity contribution is 0.253. The molecule has 0 aliphatic carbocycles. The number of para-hydroxylation sites is 1. The lowest BCUT2D eigenvalue weighted by atomic mass is 9.94. The average Bonchev–Trinajstić information content (AvgIpc) is 3.28. The van der Waals surface area contributed by atoms with Crippen molar-refractivity contribution >= 4 is 28.3 Å². The van der Waals surface area contributed by atoms with Gasteiger partial charge in [-0.25, -0.2) is 4.79 Å². The topological polar surface area (TPSA) is 78.3 Å². The van der Waals surface area contributed by atoms with Crippen molar-refractivity contribution in [2.24, 2.45) is 5.73 Å². The molecule has 6 nitrogen and oxygen atoms in total. The Morgan fingerprint density at radius 3 is 2.71 bits per heavy atom. The Kier molecular flexibility index (Phi) is 5.04. The minimum atomic E-state index is -0.452. The molecule has 0 bridgehead atoms.